The first-order valence-electron chi connectivity index (χ1n) is 13.6. The van der Waals surface area contributed by atoms with Gasteiger partial charge < -0.3 is 19.4 Å². The Balaban J connectivity index is 1.62. The fourth-order valence-electron chi connectivity index (χ4n) is 3.85. The number of nitrogens with one attached hydrogen (secondary N) is 1. The number of hydrogen-bond acceptors (Lipinski definition) is 11. The molecule has 12 nitrogen and oxygen atoms in total. The maximum absolute atomic E-state index is 13.4. The van der Waals surface area contributed by atoms with E-state index in [1.807, 2.05) is 4.57 Å². The molecule has 13 heteroatoms. The Hall–Kier alpha value is -2.82. The van der Waals surface area contributed by atoms with E-state index in [0.29, 0.717) is 23.8 Å². The molecule has 0 amide bonds. The zero-order valence-corrected chi connectivity index (χ0v) is 25.2. The highest BCUT2D eigenvalue weighted by Gasteiger charge is 2.29. The molecule has 2 heterocycles. The Morgan fingerprint density at radius 3 is 2.12 bits per heavy atom. The van der Waals surface area contributed by atoms with Crippen molar-refractivity contribution in [3.63, 3.8) is 0 Å². The number of hydrogen-bond donors (Lipinski definition) is 1. The number of carbonyl (C=O) groups is 2. The van der Waals surface area contributed by atoms with Gasteiger partial charge in [0.1, 0.15) is 11.8 Å². The molecule has 1 saturated carbocycles. The van der Waals surface area contributed by atoms with E-state index in [4.69, 9.17) is 18.5 Å². The molecule has 0 atom stereocenters. The molecule has 0 saturated heterocycles. The molecule has 2 aromatic rings. The van der Waals surface area contributed by atoms with Gasteiger partial charge in [0.2, 0.25) is 13.6 Å². The number of rotatable bonds is 12. The summed E-state index contributed by atoms with van der Waals surface area (Å²) in [6.45, 7) is 9.44. The minimum atomic E-state index is -3.82. The van der Waals surface area contributed by atoms with Crippen molar-refractivity contribution in [1.29, 1.82) is 0 Å². The molecular weight excluding hydrogens is 537 g/mol. The Bertz CT molecular complexity index is 1190. The quantitative estimate of drug-likeness (QED) is 0.148. The van der Waals surface area contributed by atoms with Gasteiger partial charge in [-0.25, -0.2) is 15.0 Å². The molecule has 0 unspecified atom stereocenters. The average Bonchev–Trinajstić information content (AvgIpc) is 3.30. The smallest absolute Gasteiger partial charge is 0.340 e. The van der Waals surface area contributed by atoms with Gasteiger partial charge in [-0.15, -0.1) is 0 Å². The number of ether oxygens (including phenoxy) is 2. The van der Waals surface area contributed by atoms with E-state index in [1.165, 1.54) is 25.6 Å². The number of imidazole rings is 1. The molecular formula is C27H42N5O7P. The second-order valence-corrected chi connectivity index (χ2v) is 14.0. The summed E-state index contributed by atoms with van der Waals surface area (Å²) in [5.74, 6) is -0.305. The zero-order valence-electron chi connectivity index (χ0n) is 24.3. The van der Waals surface area contributed by atoms with Crippen LogP contribution < -0.4 is 5.32 Å². The second-order valence-electron chi connectivity index (χ2n) is 11.9. The third-order valence-electron chi connectivity index (χ3n) is 6.25. The summed E-state index contributed by atoms with van der Waals surface area (Å²) < 4.78 is 36.1. The standard InChI is InChI=1S/C27H42N5O7P/c1-26(2,3)24(33)36-18-38-40(35,39-19-37-25(34)27(4,5)6)15-11-10-14-32-17-30-21-22(28-16-29-23(21)32)31-20-12-8-7-9-13-20/h10-11,16-17,20H,7-9,12-15,18-19H2,1-6H3,(H,28,29,31)/b11-10+. The third-order valence-corrected chi connectivity index (χ3v) is 7.90. The lowest BCUT2D eigenvalue weighted by Crippen LogP contribution is -2.25. The molecule has 40 heavy (non-hydrogen) atoms. The number of anilines is 1. The average molecular weight is 580 g/mol. The number of carbonyl (C=O) groups excluding carboxylic acids is 2. The summed E-state index contributed by atoms with van der Waals surface area (Å²) in [7, 11) is -3.82. The Morgan fingerprint density at radius 2 is 1.55 bits per heavy atom. The van der Waals surface area contributed by atoms with Gasteiger partial charge in [0, 0.05) is 12.6 Å². The molecule has 0 aromatic carbocycles. The molecule has 1 N–H and O–H groups in total. The normalized spacial score (nSPS) is 15.4. The van der Waals surface area contributed by atoms with E-state index >= 15 is 0 Å². The van der Waals surface area contributed by atoms with Crippen LogP contribution in [0.25, 0.3) is 11.2 Å². The fourth-order valence-corrected chi connectivity index (χ4v) is 4.97. The predicted molar refractivity (Wildman–Crippen MR) is 150 cm³/mol. The van der Waals surface area contributed by atoms with Crippen molar-refractivity contribution >= 4 is 36.5 Å². The van der Waals surface area contributed by atoms with Crippen molar-refractivity contribution in [1.82, 2.24) is 19.5 Å². The Kier molecular flexibility index (Phi) is 10.9. The van der Waals surface area contributed by atoms with E-state index in [2.05, 4.69) is 20.3 Å². The number of nitrogens with zero attached hydrogens (tertiary/aromatic N) is 4. The largest absolute Gasteiger partial charge is 0.438 e. The van der Waals surface area contributed by atoms with Gasteiger partial charge in [-0.1, -0.05) is 31.4 Å². The maximum Gasteiger partial charge on any atom is 0.340 e. The first kappa shape index (κ1) is 31.7. The SMILES string of the molecule is CC(C)(C)C(=O)OCOP(=O)(C/C=C/Cn1cnc2c(NC3CCCCC3)ncnc21)OCOC(=O)C(C)(C)C. The van der Waals surface area contributed by atoms with Crippen LogP contribution in [-0.2, 0) is 39.2 Å². The van der Waals surface area contributed by atoms with Crippen LogP contribution >= 0.6 is 7.60 Å². The van der Waals surface area contributed by atoms with E-state index in [0.717, 1.165) is 18.7 Å². The van der Waals surface area contributed by atoms with E-state index in [-0.39, 0.29) is 6.16 Å². The van der Waals surface area contributed by atoms with Crippen LogP contribution in [0.15, 0.2) is 24.8 Å². The van der Waals surface area contributed by atoms with Crippen molar-refractivity contribution in [2.75, 3.05) is 25.1 Å². The van der Waals surface area contributed by atoms with Crippen molar-refractivity contribution < 1.29 is 32.7 Å². The molecule has 1 aliphatic rings. The summed E-state index contributed by atoms with van der Waals surface area (Å²) in [5.41, 5.74) is -0.129. The lowest BCUT2D eigenvalue weighted by atomic mass is 9.95. The van der Waals surface area contributed by atoms with Crippen LogP contribution in [-0.4, -0.2) is 57.2 Å². The molecule has 2 aromatic heterocycles. The number of allylic oxidation sites excluding steroid dienone is 2. The lowest BCUT2D eigenvalue weighted by molar-refractivity contribution is -0.161. The molecule has 0 bridgehead atoms. The van der Waals surface area contributed by atoms with Gasteiger partial charge >= 0.3 is 19.5 Å². The van der Waals surface area contributed by atoms with Gasteiger partial charge in [0.15, 0.2) is 11.5 Å². The number of esters is 2. The van der Waals surface area contributed by atoms with Gasteiger partial charge in [-0.3, -0.25) is 23.2 Å². The van der Waals surface area contributed by atoms with Crippen molar-refractivity contribution in [2.45, 2.75) is 86.2 Å². The minimum absolute atomic E-state index is 0.136. The van der Waals surface area contributed by atoms with Gasteiger partial charge in [-0.05, 0) is 54.4 Å². The number of aromatic nitrogens is 4. The van der Waals surface area contributed by atoms with Crippen molar-refractivity contribution in [3.8, 4) is 0 Å². The highest BCUT2D eigenvalue weighted by Crippen LogP contribution is 2.48. The Morgan fingerprint density at radius 1 is 0.950 bits per heavy atom. The topological polar surface area (TPSA) is 144 Å². The summed E-state index contributed by atoms with van der Waals surface area (Å²) in [4.78, 5) is 37.4. The van der Waals surface area contributed by atoms with Crippen LogP contribution in [0.3, 0.4) is 0 Å². The first-order valence-corrected chi connectivity index (χ1v) is 15.3. The van der Waals surface area contributed by atoms with Gasteiger partial charge in [0.05, 0.1) is 23.3 Å². The summed E-state index contributed by atoms with van der Waals surface area (Å²) >= 11 is 0. The minimum Gasteiger partial charge on any atom is -0.438 e. The highest BCUT2D eigenvalue weighted by molar-refractivity contribution is 7.54. The molecule has 0 spiro atoms. The van der Waals surface area contributed by atoms with Crippen LogP contribution in [0.1, 0.15) is 73.6 Å². The number of fused-ring (bicyclic) bond motifs is 1. The van der Waals surface area contributed by atoms with Gasteiger partial charge in [-0.2, -0.15) is 0 Å². The summed E-state index contributed by atoms with van der Waals surface area (Å²) in [5, 5.41) is 3.51. The van der Waals surface area contributed by atoms with Gasteiger partial charge in [0.25, 0.3) is 0 Å². The van der Waals surface area contributed by atoms with Crippen molar-refractivity contribution in [2.24, 2.45) is 10.8 Å². The molecule has 3 rings (SSSR count). The molecule has 1 fully saturated rings. The fraction of sp³-hybridized carbons (Fsp3) is 0.667. The monoisotopic (exact) mass is 579 g/mol. The molecule has 0 radical (unpaired) electrons. The summed E-state index contributed by atoms with van der Waals surface area (Å²) in [6.07, 6.45) is 12.4. The first-order chi connectivity index (χ1) is 18.8. The summed E-state index contributed by atoms with van der Waals surface area (Å²) in [6, 6.07) is 0.386. The van der Waals surface area contributed by atoms with Crippen molar-refractivity contribution in [3.05, 3.63) is 24.8 Å². The van der Waals surface area contributed by atoms with Crippen LogP contribution in [0.2, 0.25) is 0 Å². The highest BCUT2D eigenvalue weighted by atomic mass is 31.2. The predicted octanol–water partition coefficient (Wildman–Crippen LogP) is 5.45. The zero-order chi connectivity index (χ0) is 29.4. The van der Waals surface area contributed by atoms with E-state index in [1.54, 1.807) is 60.0 Å². The van der Waals surface area contributed by atoms with E-state index in [9.17, 15) is 14.2 Å². The van der Waals surface area contributed by atoms with Crippen LogP contribution in [0.4, 0.5) is 5.82 Å². The maximum atomic E-state index is 13.4. The van der Waals surface area contributed by atoms with Crippen LogP contribution in [0, 0.1) is 10.8 Å². The lowest BCUT2D eigenvalue weighted by Gasteiger charge is -2.23. The Labute approximate surface area is 235 Å². The molecule has 1 aliphatic carbocycles. The van der Waals surface area contributed by atoms with E-state index < -0.39 is 44.0 Å². The third kappa shape index (κ3) is 9.38. The molecule has 0 aliphatic heterocycles. The molecule has 222 valence electrons. The van der Waals surface area contributed by atoms with Crippen LogP contribution in [0.5, 0.6) is 0 Å². The second kappa shape index (κ2) is 13.7.